The lowest BCUT2D eigenvalue weighted by atomic mass is 10.2. The van der Waals surface area contributed by atoms with Crippen LogP contribution in [0.25, 0.3) is 0 Å². The molecule has 0 aromatic rings. The Morgan fingerprint density at radius 1 is 1.32 bits per heavy atom. The average Bonchev–Trinajstić information content (AvgIpc) is 2.65. The van der Waals surface area contributed by atoms with Gasteiger partial charge in [-0.25, -0.2) is 0 Å². The fraction of sp³-hybridized carbons (Fsp3) is 0.929. The van der Waals surface area contributed by atoms with Crippen molar-refractivity contribution in [3.05, 3.63) is 0 Å². The maximum atomic E-state index is 12.1. The minimum absolute atomic E-state index is 0.0854. The summed E-state index contributed by atoms with van der Waals surface area (Å²) in [4.78, 5) is 14.1. The summed E-state index contributed by atoms with van der Waals surface area (Å²) in [6.07, 6.45) is 4.71. The molecule has 1 heterocycles. The Hall–Kier alpha value is -0.650. The molecule has 2 atom stereocenters. The first-order valence-corrected chi connectivity index (χ1v) is 7.31. The Labute approximate surface area is 116 Å². The zero-order valence-electron chi connectivity index (χ0n) is 12.2. The molecule has 0 aromatic heterocycles. The van der Waals surface area contributed by atoms with E-state index >= 15 is 0 Å². The van der Waals surface area contributed by atoms with Crippen LogP contribution in [0.15, 0.2) is 0 Å². The highest BCUT2D eigenvalue weighted by Crippen LogP contribution is 2.11. The number of likely N-dealkylation sites (tertiary alicyclic amines) is 1. The predicted molar refractivity (Wildman–Crippen MR) is 75.0 cm³/mol. The maximum Gasteiger partial charge on any atom is 0.224 e. The lowest BCUT2D eigenvalue weighted by molar-refractivity contribution is -0.131. The Balaban J connectivity index is 2.22. The summed E-state index contributed by atoms with van der Waals surface area (Å²) in [6, 6.07) is 0.0854. The maximum absolute atomic E-state index is 12.1. The van der Waals surface area contributed by atoms with Crippen molar-refractivity contribution in [1.29, 1.82) is 0 Å². The van der Waals surface area contributed by atoms with Gasteiger partial charge in [0.2, 0.25) is 5.91 Å². The second-order valence-electron chi connectivity index (χ2n) is 5.42. The molecule has 1 amide bonds. The van der Waals surface area contributed by atoms with E-state index in [-0.39, 0.29) is 11.9 Å². The lowest BCUT2D eigenvalue weighted by Gasteiger charge is -2.23. The van der Waals surface area contributed by atoms with Crippen LogP contribution in [0.1, 0.15) is 39.0 Å². The number of rotatable bonds is 7. The van der Waals surface area contributed by atoms with Crippen molar-refractivity contribution in [1.82, 2.24) is 10.2 Å². The number of methoxy groups -OCH3 is 1. The van der Waals surface area contributed by atoms with E-state index in [4.69, 9.17) is 4.74 Å². The van der Waals surface area contributed by atoms with Gasteiger partial charge in [-0.15, -0.1) is 0 Å². The normalized spacial score (nSPS) is 19.8. The van der Waals surface area contributed by atoms with E-state index in [1.807, 2.05) is 11.8 Å². The third-order valence-electron chi connectivity index (χ3n) is 3.50. The van der Waals surface area contributed by atoms with Crippen molar-refractivity contribution in [2.75, 3.05) is 33.4 Å². The largest absolute Gasteiger partial charge is 0.389 e. The fourth-order valence-electron chi connectivity index (χ4n) is 2.37. The van der Waals surface area contributed by atoms with Gasteiger partial charge >= 0.3 is 0 Å². The van der Waals surface area contributed by atoms with Gasteiger partial charge < -0.3 is 20.1 Å². The van der Waals surface area contributed by atoms with Crippen LogP contribution in [-0.2, 0) is 9.53 Å². The van der Waals surface area contributed by atoms with Gasteiger partial charge in [0.05, 0.1) is 12.7 Å². The number of aliphatic hydroxyl groups is 1. The number of hydrogen-bond acceptors (Lipinski definition) is 4. The molecule has 1 aliphatic rings. The monoisotopic (exact) mass is 272 g/mol. The molecule has 1 saturated heterocycles. The standard InChI is InChI=1S/C14H28N2O3/c1-12(15-10-13(17)11-19-2)9-14(18)16-7-5-3-4-6-8-16/h12-13,15,17H,3-11H2,1-2H3. The van der Waals surface area contributed by atoms with E-state index in [0.717, 1.165) is 25.9 Å². The molecule has 1 aliphatic heterocycles. The Bertz CT molecular complexity index is 253. The molecule has 19 heavy (non-hydrogen) atoms. The smallest absolute Gasteiger partial charge is 0.224 e. The topological polar surface area (TPSA) is 61.8 Å². The van der Waals surface area contributed by atoms with Crippen molar-refractivity contribution < 1.29 is 14.6 Å². The van der Waals surface area contributed by atoms with Crippen LogP contribution in [0.3, 0.4) is 0 Å². The van der Waals surface area contributed by atoms with Gasteiger partial charge in [-0.05, 0) is 19.8 Å². The zero-order valence-corrected chi connectivity index (χ0v) is 12.2. The van der Waals surface area contributed by atoms with Crippen LogP contribution >= 0.6 is 0 Å². The van der Waals surface area contributed by atoms with Gasteiger partial charge in [-0.3, -0.25) is 4.79 Å². The average molecular weight is 272 g/mol. The molecular weight excluding hydrogens is 244 g/mol. The zero-order chi connectivity index (χ0) is 14.1. The van der Waals surface area contributed by atoms with Gasteiger partial charge in [-0.1, -0.05) is 12.8 Å². The van der Waals surface area contributed by atoms with Gasteiger partial charge in [0.15, 0.2) is 0 Å². The quantitative estimate of drug-likeness (QED) is 0.718. The van der Waals surface area contributed by atoms with Gasteiger partial charge in [-0.2, -0.15) is 0 Å². The molecule has 2 unspecified atom stereocenters. The second-order valence-corrected chi connectivity index (χ2v) is 5.42. The van der Waals surface area contributed by atoms with E-state index in [2.05, 4.69) is 5.32 Å². The molecule has 5 nitrogen and oxygen atoms in total. The Morgan fingerprint density at radius 2 is 1.95 bits per heavy atom. The first-order valence-electron chi connectivity index (χ1n) is 7.31. The highest BCUT2D eigenvalue weighted by molar-refractivity contribution is 5.76. The van der Waals surface area contributed by atoms with Crippen molar-refractivity contribution in [2.45, 2.75) is 51.2 Å². The van der Waals surface area contributed by atoms with E-state index in [1.165, 1.54) is 12.8 Å². The van der Waals surface area contributed by atoms with Crippen LogP contribution in [-0.4, -0.2) is 61.4 Å². The molecule has 0 aliphatic carbocycles. The number of amides is 1. The molecule has 2 N–H and O–H groups in total. The molecule has 1 rings (SSSR count). The second kappa shape index (κ2) is 9.28. The van der Waals surface area contributed by atoms with Crippen molar-refractivity contribution >= 4 is 5.91 Å². The molecule has 5 heteroatoms. The number of hydrogen-bond donors (Lipinski definition) is 2. The number of nitrogens with zero attached hydrogens (tertiary/aromatic N) is 1. The van der Waals surface area contributed by atoms with Crippen molar-refractivity contribution in [3.8, 4) is 0 Å². The summed E-state index contributed by atoms with van der Waals surface area (Å²) in [5, 5.41) is 12.7. The highest BCUT2D eigenvalue weighted by atomic mass is 16.5. The van der Waals surface area contributed by atoms with Gasteiger partial charge in [0.25, 0.3) is 0 Å². The minimum atomic E-state index is -0.513. The molecule has 0 saturated carbocycles. The molecule has 0 spiro atoms. The first-order chi connectivity index (χ1) is 9.13. The molecule has 1 fully saturated rings. The number of ether oxygens (including phenoxy) is 1. The van der Waals surface area contributed by atoms with Crippen LogP contribution in [0, 0.1) is 0 Å². The number of carbonyl (C=O) groups is 1. The van der Waals surface area contributed by atoms with Gasteiger partial charge in [0, 0.05) is 39.2 Å². The SMILES string of the molecule is COCC(O)CNC(C)CC(=O)N1CCCCCC1. The van der Waals surface area contributed by atoms with Crippen LogP contribution in [0.5, 0.6) is 0 Å². The van der Waals surface area contributed by atoms with E-state index < -0.39 is 6.10 Å². The van der Waals surface area contributed by atoms with E-state index in [1.54, 1.807) is 7.11 Å². The highest BCUT2D eigenvalue weighted by Gasteiger charge is 2.18. The molecule has 0 radical (unpaired) electrons. The Kier molecular flexibility index (Phi) is 8.02. The lowest BCUT2D eigenvalue weighted by Crippen LogP contribution is -2.40. The van der Waals surface area contributed by atoms with Crippen molar-refractivity contribution in [3.63, 3.8) is 0 Å². The first kappa shape index (κ1) is 16.4. The molecule has 0 aromatic carbocycles. The summed E-state index contributed by atoms with van der Waals surface area (Å²) in [5.41, 5.74) is 0. The van der Waals surface area contributed by atoms with Crippen LogP contribution in [0.2, 0.25) is 0 Å². The summed E-state index contributed by atoms with van der Waals surface area (Å²) < 4.78 is 4.86. The number of nitrogens with one attached hydrogen (secondary N) is 1. The fourth-order valence-corrected chi connectivity index (χ4v) is 2.37. The third-order valence-corrected chi connectivity index (χ3v) is 3.50. The van der Waals surface area contributed by atoms with Crippen LogP contribution in [0.4, 0.5) is 0 Å². The third kappa shape index (κ3) is 6.89. The van der Waals surface area contributed by atoms with Crippen LogP contribution < -0.4 is 5.32 Å². The molecular formula is C14H28N2O3. The van der Waals surface area contributed by atoms with Crippen molar-refractivity contribution in [2.24, 2.45) is 0 Å². The summed E-state index contributed by atoms with van der Waals surface area (Å²) >= 11 is 0. The number of aliphatic hydroxyl groups excluding tert-OH is 1. The minimum Gasteiger partial charge on any atom is -0.389 e. The summed E-state index contributed by atoms with van der Waals surface area (Å²) in [5.74, 6) is 0.225. The molecule has 0 bridgehead atoms. The van der Waals surface area contributed by atoms with Gasteiger partial charge in [0.1, 0.15) is 0 Å². The predicted octanol–water partition coefficient (Wildman–Crippen LogP) is 0.764. The van der Waals surface area contributed by atoms with E-state index in [9.17, 15) is 9.90 Å². The van der Waals surface area contributed by atoms with E-state index in [0.29, 0.717) is 19.6 Å². The number of carbonyl (C=O) groups excluding carboxylic acids is 1. The molecule has 112 valence electrons. The Morgan fingerprint density at radius 3 is 2.53 bits per heavy atom. The summed E-state index contributed by atoms with van der Waals surface area (Å²) in [7, 11) is 1.56. The summed E-state index contributed by atoms with van der Waals surface area (Å²) in [6.45, 7) is 4.56.